The van der Waals surface area contributed by atoms with E-state index in [9.17, 15) is 15.3 Å². The number of nitrogens with one attached hydrogen (secondary N) is 1. The first-order valence-electron chi connectivity index (χ1n) is 10.2. The Morgan fingerprint density at radius 2 is 2.07 bits per heavy atom. The van der Waals surface area contributed by atoms with E-state index in [1.165, 1.54) is 0 Å². The summed E-state index contributed by atoms with van der Waals surface area (Å²) >= 11 is 0. The summed E-state index contributed by atoms with van der Waals surface area (Å²) in [6, 6.07) is 5.80. The molecule has 0 aliphatic carbocycles. The van der Waals surface area contributed by atoms with E-state index in [1.54, 1.807) is 6.34 Å². The van der Waals surface area contributed by atoms with E-state index < -0.39 is 24.5 Å². The van der Waals surface area contributed by atoms with Crippen molar-refractivity contribution in [3.8, 4) is 11.5 Å². The molecule has 2 saturated heterocycles. The monoisotopic (exact) mass is 418 g/mol. The number of amidine groups is 1. The van der Waals surface area contributed by atoms with Crippen LogP contribution in [0.1, 0.15) is 18.4 Å². The average Bonchev–Trinajstić information content (AvgIpc) is 3.36. The number of piperidine rings is 1. The highest BCUT2D eigenvalue weighted by Gasteiger charge is 2.49. The molecule has 1 aromatic carbocycles. The van der Waals surface area contributed by atoms with Crippen molar-refractivity contribution in [2.75, 3.05) is 19.9 Å². The van der Waals surface area contributed by atoms with Gasteiger partial charge in [0.15, 0.2) is 11.5 Å². The van der Waals surface area contributed by atoms with Gasteiger partial charge in [0, 0.05) is 6.54 Å². The van der Waals surface area contributed by atoms with Gasteiger partial charge in [-0.25, -0.2) is 0 Å². The number of fused-ring (bicyclic) bond motifs is 2. The lowest BCUT2D eigenvalue weighted by Crippen LogP contribution is -2.58. The Labute approximate surface area is 173 Å². The predicted octanol–water partition coefficient (Wildman–Crippen LogP) is -0.578. The van der Waals surface area contributed by atoms with Gasteiger partial charge in [0.2, 0.25) is 6.79 Å². The standard InChI is InChI=1S/C20H26N4O6/c25-8-15-16(26)17(27)20(30-15)24-5-1-2-12-18(22-9-23-19(12)24)21-7-11-3-4-13-14(6-11)29-10-28-13/h3-4,6,9,12,15-17,19-20,25-27H,1-2,5,7-8,10H2,(H,21,22,23)/t12?,15-,16?,17?,19?,20-/m1/s1. The Bertz CT molecular complexity index is 849. The maximum atomic E-state index is 10.4. The molecule has 0 bridgehead atoms. The predicted molar refractivity (Wildman–Crippen MR) is 106 cm³/mol. The van der Waals surface area contributed by atoms with E-state index in [-0.39, 0.29) is 25.5 Å². The average molecular weight is 418 g/mol. The van der Waals surface area contributed by atoms with Crippen molar-refractivity contribution in [1.29, 1.82) is 0 Å². The van der Waals surface area contributed by atoms with E-state index in [0.717, 1.165) is 35.7 Å². The summed E-state index contributed by atoms with van der Waals surface area (Å²) in [7, 11) is 0. The van der Waals surface area contributed by atoms with E-state index in [0.29, 0.717) is 13.1 Å². The lowest BCUT2D eigenvalue weighted by Gasteiger charge is -2.44. The minimum Gasteiger partial charge on any atom is -0.454 e. The molecule has 0 amide bonds. The van der Waals surface area contributed by atoms with Gasteiger partial charge >= 0.3 is 0 Å². The Morgan fingerprint density at radius 3 is 2.90 bits per heavy atom. The molecule has 4 N–H and O–H groups in total. The molecule has 0 radical (unpaired) electrons. The number of ether oxygens (including phenoxy) is 3. The third-order valence-electron chi connectivity index (χ3n) is 6.14. The molecule has 2 fully saturated rings. The zero-order valence-corrected chi connectivity index (χ0v) is 16.4. The van der Waals surface area contributed by atoms with E-state index in [1.807, 2.05) is 23.1 Å². The first kappa shape index (κ1) is 19.7. The third kappa shape index (κ3) is 3.44. The molecule has 162 valence electrons. The second kappa shape index (κ2) is 8.12. The first-order valence-corrected chi connectivity index (χ1v) is 10.2. The van der Waals surface area contributed by atoms with Gasteiger partial charge in [-0.3, -0.25) is 14.9 Å². The lowest BCUT2D eigenvalue weighted by molar-refractivity contribution is -0.124. The van der Waals surface area contributed by atoms with E-state index in [4.69, 9.17) is 19.2 Å². The summed E-state index contributed by atoms with van der Waals surface area (Å²) < 4.78 is 16.5. The highest BCUT2D eigenvalue weighted by atomic mass is 16.7. The normalized spacial score (nSPS) is 36.7. The van der Waals surface area contributed by atoms with Crippen LogP contribution in [0.4, 0.5) is 0 Å². The van der Waals surface area contributed by atoms with Crippen LogP contribution in [-0.4, -0.2) is 83.0 Å². The van der Waals surface area contributed by atoms with Crippen molar-refractivity contribution >= 4 is 12.2 Å². The van der Waals surface area contributed by atoms with Gasteiger partial charge < -0.3 is 34.8 Å². The molecule has 1 aromatic rings. The number of hydrogen-bond acceptors (Lipinski definition) is 9. The molecular weight excluding hydrogens is 392 g/mol. The van der Waals surface area contributed by atoms with Crippen molar-refractivity contribution in [3.63, 3.8) is 0 Å². The SMILES string of the molecule is OC[C@H]1O[C@@H](N2CCCC3C(=NCc4ccc5c(c4)OCO5)NC=NC32)C(O)C1O. The number of rotatable bonds is 4. The van der Waals surface area contributed by atoms with Crippen molar-refractivity contribution in [2.24, 2.45) is 15.9 Å². The molecule has 5 rings (SSSR count). The third-order valence-corrected chi connectivity index (χ3v) is 6.14. The maximum absolute atomic E-state index is 10.4. The number of nitrogens with zero attached hydrogens (tertiary/aromatic N) is 3. The molecule has 4 aliphatic rings. The summed E-state index contributed by atoms with van der Waals surface area (Å²) in [5.74, 6) is 2.34. The van der Waals surface area contributed by atoms with Crippen molar-refractivity contribution in [1.82, 2.24) is 10.2 Å². The lowest BCUT2D eigenvalue weighted by atomic mass is 9.91. The molecule has 4 unspecified atom stereocenters. The van der Waals surface area contributed by atoms with Gasteiger partial charge in [-0.1, -0.05) is 6.07 Å². The number of aliphatic hydroxyl groups is 3. The maximum Gasteiger partial charge on any atom is 0.231 e. The van der Waals surface area contributed by atoms with Crippen molar-refractivity contribution in [2.45, 2.75) is 50.1 Å². The van der Waals surface area contributed by atoms with Crippen LogP contribution in [0.25, 0.3) is 0 Å². The number of aliphatic hydroxyl groups excluding tert-OH is 3. The van der Waals surface area contributed by atoms with Gasteiger partial charge in [-0.15, -0.1) is 0 Å². The van der Waals surface area contributed by atoms with Crippen LogP contribution in [0.3, 0.4) is 0 Å². The van der Waals surface area contributed by atoms with Gasteiger partial charge in [0.1, 0.15) is 36.5 Å². The topological polar surface area (TPSA) is 128 Å². The minimum absolute atomic E-state index is 0.0267. The second-order valence-electron chi connectivity index (χ2n) is 7.94. The Balaban J connectivity index is 1.32. The summed E-state index contributed by atoms with van der Waals surface area (Å²) in [6.07, 6.45) is -0.566. The number of hydrogen-bond donors (Lipinski definition) is 4. The van der Waals surface area contributed by atoms with Gasteiger partial charge in [-0.2, -0.15) is 0 Å². The van der Waals surface area contributed by atoms with Gasteiger partial charge in [0.25, 0.3) is 0 Å². The summed E-state index contributed by atoms with van der Waals surface area (Å²) in [5.41, 5.74) is 1.02. The molecule has 0 spiro atoms. The van der Waals surface area contributed by atoms with Crippen LogP contribution < -0.4 is 14.8 Å². The van der Waals surface area contributed by atoms with Crippen LogP contribution >= 0.6 is 0 Å². The van der Waals surface area contributed by atoms with Crippen molar-refractivity contribution < 1.29 is 29.5 Å². The molecular formula is C20H26N4O6. The fourth-order valence-electron chi connectivity index (χ4n) is 4.57. The molecule has 6 atom stereocenters. The highest BCUT2D eigenvalue weighted by molar-refractivity contribution is 5.95. The van der Waals surface area contributed by atoms with Crippen molar-refractivity contribution in [3.05, 3.63) is 23.8 Å². The highest BCUT2D eigenvalue weighted by Crippen LogP contribution is 2.35. The molecule has 10 heteroatoms. The molecule has 0 saturated carbocycles. The van der Waals surface area contributed by atoms with Gasteiger partial charge in [0.05, 0.1) is 25.4 Å². The fourth-order valence-corrected chi connectivity index (χ4v) is 4.57. The van der Waals surface area contributed by atoms with E-state index >= 15 is 0 Å². The van der Waals surface area contributed by atoms with Crippen LogP contribution in [0, 0.1) is 5.92 Å². The van der Waals surface area contributed by atoms with E-state index in [2.05, 4.69) is 10.3 Å². The number of likely N-dealkylation sites (tertiary alicyclic amines) is 1. The number of aliphatic imine (C=N–C) groups is 2. The molecule has 30 heavy (non-hydrogen) atoms. The molecule has 4 aliphatic heterocycles. The quantitative estimate of drug-likeness (QED) is 0.512. The van der Waals surface area contributed by atoms with Crippen LogP contribution in [-0.2, 0) is 11.3 Å². The summed E-state index contributed by atoms with van der Waals surface area (Å²) in [5, 5.41) is 33.1. The Kier molecular flexibility index (Phi) is 5.34. The second-order valence-corrected chi connectivity index (χ2v) is 7.94. The molecule has 4 heterocycles. The first-order chi connectivity index (χ1) is 14.7. The zero-order valence-electron chi connectivity index (χ0n) is 16.4. The number of benzene rings is 1. The van der Waals surface area contributed by atoms with Gasteiger partial charge in [-0.05, 0) is 30.5 Å². The summed E-state index contributed by atoms with van der Waals surface area (Å²) in [4.78, 5) is 11.3. The van der Waals surface area contributed by atoms with Crippen LogP contribution in [0.15, 0.2) is 28.2 Å². The smallest absolute Gasteiger partial charge is 0.231 e. The molecule has 0 aromatic heterocycles. The summed E-state index contributed by atoms with van der Waals surface area (Å²) in [6.45, 7) is 1.07. The van der Waals surface area contributed by atoms with Crippen LogP contribution in [0.5, 0.6) is 11.5 Å². The van der Waals surface area contributed by atoms with Crippen LogP contribution in [0.2, 0.25) is 0 Å². The zero-order chi connectivity index (χ0) is 20.7. The minimum atomic E-state index is -1.12. The molecule has 10 nitrogen and oxygen atoms in total. The fraction of sp³-hybridized carbons (Fsp3) is 0.600. The largest absolute Gasteiger partial charge is 0.454 e. The Hall–Kier alpha value is -2.24. The Morgan fingerprint density at radius 1 is 1.20 bits per heavy atom.